The van der Waals surface area contributed by atoms with E-state index in [9.17, 15) is 22.8 Å². The minimum atomic E-state index is -4.47. The normalized spacial score (nSPS) is 21.2. The molecule has 2 amide bonds. The first kappa shape index (κ1) is 22.0. The van der Waals surface area contributed by atoms with Crippen LogP contribution >= 0.6 is 11.8 Å². The Morgan fingerprint density at radius 2 is 2.03 bits per heavy atom. The molecule has 0 unspecified atom stereocenters. The second kappa shape index (κ2) is 9.38. The van der Waals surface area contributed by atoms with Crippen LogP contribution in [0.4, 0.5) is 18.9 Å². The summed E-state index contributed by atoms with van der Waals surface area (Å²) in [7, 11) is 0. The molecule has 2 aliphatic rings. The van der Waals surface area contributed by atoms with E-state index in [0.29, 0.717) is 17.4 Å². The maximum Gasteiger partial charge on any atom is 0.416 e. The van der Waals surface area contributed by atoms with Crippen molar-refractivity contribution in [3.63, 3.8) is 0 Å². The summed E-state index contributed by atoms with van der Waals surface area (Å²) in [6.07, 6.45) is -0.749. The van der Waals surface area contributed by atoms with Crippen molar-refractivity contribution in [1.82, 2.24) is 10.2 Å². The number of fused-ring (bicyclic) bond motifs is 1. The minimum absolute atomic E-state index is 0.00655. The highest BCUT2D eigenvalue weighted by atomic mass is 32.2. The third-order valence-corrected chi connectivity index (χ3v) is 6.44. The van der Waals surface area contributed by atoms with Crippen molar-refractivity contribution in [1.29, 1.82) is 0 Å². The minimum Gasteiger partial charge on any atom is -0.356 e. The van der Waals surface area contributed by atoms with Gasteiger partial charge in [-0.15, -0.1) is 11.8 Å². The van der Waals surface area contributed by atoms with E-state index in [-0.39, 0.29) is 18.0 Å². The number of alkyl halides is 3. The van der Waals surface area contributed by atoms with Gasteiger partial charge in [0.15, 0.2) is 0 Å². The van der Waals surface area contributed by atoms with Gasteiger partial charge in [0.25, 0.3) is 0 Å². The average molecular weight is 430 g/mol. The first-order valence-corrected chi connectivity index (χ1v) is 10.8. The zero-order chi connectivity index (χ0) is 21.0. The van der Waals surface area contributed by atoms with Crippen LogP contribution in [0.3, 0.4) is 0 Å². The molecule has 2 heterocycles. The molecule has 0 radical (unpaired) electrons. The molecule has 1 aromatic carbocycles. The number of anilines is 1. The Morgan fingerprint density at radius 3 is 2.72 bits per heavy atom. The lowest BCUT2D eigenvalue weighted by Crippen LogP contribution is -2.39. The third kappa shape index (κ3) is 6.12. The number of benzene rings is 1. The van der Waals surface area contributed by atoms with E-state index in [0.717, 1.165) is 43.5 Å². The Bertz CT molecular complexity index is 751. The summed E-state index contributed by atoms with van der Waals surface area (Å²) < 4.78 is 38.5. The summed E-state index contributed by atoms with van der Waals surface area (Å²) in [6, 6.07) is 3.26. The molecule has 5 nitrogen and oxygen atoms in total. The second-order valence-electron chi connectivity index (χ2n) is 7.78. The fourth-order valence-electron chi connectivity index (χ4n) is 3.64. The van der Waals surface area contributed by atoms with Gasteiger partial charge in [0.1, 0.15) is 0 Å². The molecule has 160 valence electrons. The largest absolute Gasteiger partial charge is 0.416 e. The summed E-state index contributed by atoms with van der Waals surface area (Å²) in [5, 5.41) is 4.73. The first-order chi connectivity index (χ1) is 13.7. The molecule has 2 N–H and O–H groups in total. The van der Waals surface area contributed by atoms with Gasteiger partial charge in [0, 0.05) is 24.4 Å². The van der Waals surface area contributed by atoms with Crippen molar-refractivity contribution in [3.8, 4) is 0 Å². The Balaban J connectivity index is 1.49. The third-order valence-electron chi connectivity index (χ3n) is 5.16. The Labute approximate surface area is 172 Å². The van der Waals surface area contributed by atoms with Gasteiger partial charge < -0.3 is 15.5 Å². The molecular weight excluding hydrogens is 403 g/mol. The van der Waals surface area contributed by atoms with Crippen LogP contribution in [0.1, 0.15) is 38.2 Å². The Kier molecular flexibility index (Phi) is 7.10. The highest BCUT2D eigenvalue weighted by molar-refractivity contribution is 8.01. The summed E-state index contributed by atoms with van der Waals surface area (Å²) in [5.41, 5.74) is -0.669. The van der Waals surface area contributed by atoms with Gasteiger partial charge in [0.05, 0.1) is 16.5 Å². The zero-order valence-corrected chi connectivity index (χ0v) is 17.2. The number of carbonyl (C=O) groups excluding carboxylic acids is 2. The molecule has 1 aromatic rings. The van der Waals surface area contributed by atoms with E-state index in [2.05, 4.69) is 22.5 Å². The van der Waals surface area contributed by atoms with E-state index in [1.165, 1.54) is 25.3 Å². The number of thioether (sulfide) groups is 1. The maximum absolute atomic E-state index is 12.8. The molecule has 0 spiro atoms. The summed E-state index contributed by atoms with van der Waals surface area (Å²) in [4.78, 5) is 27.5. The van der Waals surface area contributed by atoms with Gasteiger partial charge in [0.2, 0.25) is 11.8 Å². The molecular formula is C20H26F3N3O2S. The van der Waals surface area contributed by atoms with Crippen molar-refractivity contribution in [2.75, 3.05) is 31.5 Å². The molecule has 2 atom stereocenters. The lowest BCUT2D eigenvalue weighted by molar-refractivity contribution is -0.137. The van der Waals surface area contributed by atoms with Gasteiger partial charge in [-0.05, 0) is 50.0 Å². The fourth-order valence-corrected chi connectivity index (χ4v) is 4.73. The molecule has 0 bridgehead atoms. The number of amides is 2. The number of halogens is 3. The van der Waals surface area contributed by atoms with Crippen LogP contribution in [0.2, 0.25) is 0 Å². The fraction of sp³-hybridized carbons (Fsp3) is 0.600. The van der Waals surface area contributed by atoms with Crippen molar-refractivity contribution in [2.24, 2.45) is 5.92 Å². The van der Waals surface area contributed by atoms with Crippen LogP contribution in [-0.4, -0.2) is 48.1 Å². The predicted octanol–water partition coefficient (Wildman–Crippen LogP) is 3.75. The average Bonchev–Trinajstić information content (AvgIpc) is 2.66. The highest BCUT2D eigenvalue weighted by Gasteiger charge is 2.34. The summed E-state index contributed by atoms with van der Waals surface area (Å²) in [5.74, 6) is -0.358. The summed E-state index contributed by atoms with van der Waals surface area (Å²) >= 11 is 1.13. The predicted molar refractivity (Wildman–Crippen MR) is 107 cm³/mol. The van der Waals surface area contributed by atoms with E-state index < -0.39 is 22.9 Å². The van der Waals surface area contributed by atoms with Crippen LogP contribution in [0.15, 0.2) is 23.1 Å². The van der Waals surface area contributed by atoms with Crippen LogP contribution in [0, 0.1) is 5.92 Å². The van der Waals surface area contributed by atoms with Crippen LogP contribution in [0.5, 0.6) is 0 Å². The molecule has 0 saturated carbocycles. The van der Waals surface area contributed by atoms with E-state index in [1.807, 2.05) is 0 Å². The molecule has 1 fully saturated rings. The molecule has 0 aromatic heterocycles. The highest BCUT2D eigenvalue weighted by Crippen LogP contribution is 2.40. The van der Waals surface area contributed by atoms with Gasteiger partial charge in [-0.1, -0.05) is 13.3 Å². The van der Waals surface area contributed by atoms with Crippen molar-refractivity contribution >= 4 is 29.3 Å². The van der Waals surface area contributed by atoms with Crippen molar-refractivity contribution in [2.45, 2.75) is 48.9 Å². The van der Waals surface area contributed by atoms with Gasteiger partial charge in [-0.3, -0.25) is 9.59 Å². The number of piperidine rings is 1. The Morgan fingerprint density at radius 1 is 1.31 bits per heavy atom. The number of nitrogens with zero attached hydrogens (tertiary/aromatic N) is 1. The molecule has 9 heteroatoms. The molecule has 1 saturated heterocycles. The lowest BCUT2D eigenvalue weighted by atomic mass is 10.1. The molecule has 2 aliphatic heterocycles. The van der Waals surface area contributed by atoms with E-state index >= 15 is 0 Å². The van der Waals surface area contributed by atoms with Gasteiger partial charge >= 0.3 is 6.18 Å². The number of carbonyl (C=O) groups is 2. The number of rotatable bonds is 6. The smallest absolute Gasteiger partial charge is 0.356 e. The zero-order valence-electron chi connectivity index (χ0n) is 16.3. The monoisotopic (exact) mass is 429 g/mol. The van der Waals surface area contributed by atoms with Gasteiger partial charge in [-0.25, -0.2) is 0 Å². The van der Waals surface area contributed by atoms with Crippen molar-refractivity contribution < 1.29 is 22.8 Å². The van der Waals surface area contributed by atoms with Crippen LogP contribution in [-0.2, 0) is 15.8 Å². The number of nitrogens with one attached hydrogen (secondary N) is 2. The quantitative estimate of drug-likeness (QED) is 0.723. The topological polar surface area (TPSA) is 61.4 Å². The summed E-state index contributed by atoms with van der Waals surface area (Å²) in [6.45, 7) is 5.78. The van der Waals surface area contributed by atoms with Crippen molar-refractivity contribution in [3.05, 3.63) is 23.8 Å². The van der Waals surface area contributed by atoms with Crippen LogP contribution in [0.25, 0.3) is 0 Å². The first-order valence-electron chi connectivity index (χ1n) is 9.90. The number of likely N-dealkylation sites (tertiary alicyclic amines) is 1. The van der Waals surface area contributed by atoms with E-state index in [1.54, 1.807) is 0 Å². The SMILES string of the molecule is C[C@H](CNC(=O)C[C@H]1Sc2ccc(C(F)(F)F)cc2NC1=O)CN1CCCCC1. The second-order valence-corrected chi connectivity index (χ2v) is 9.02. The maximum atomic E-state index is 12.8. The molecule has 0 aliphatic carbocycles. The number of hydrogen-bond acceptors (Lipinski definition) is 4. The Hall–Kier alpha value is -1.74. The van der Waals surface area contributed by atoms with Gasteiger partial charge in [-0.2, -0.15) is 13.2 Å². The lowest BCUT2D eigenvalue weighted by Gasteiger charge is -2.29. The number of hydrogen-bond donors (Lipinski definition) is 2. The van der Waals surface area contributed by atoms with E-state index in [4.69, 9.17) is 0 Å². The standard InChI is InChI=1S/C20H26F3N3O2S/c1-13(12-26-7-3-2-4-8-26)11-24-18(27)10-17-19(28)25-15-9-14(20(21,22)23)5-6-16(15)29-17/h5-6,9,13,17H,2-4,7-8,10-12H2,1H3,(H,24,27)(H,25,28)/t13-,17-/m1/s1. The van der Waals surface area contributed by atoms with Crippen LogP contribution < -0.4 is 10.6 Å². The molecule has 3 rings (SSSR count). The molecule has 29 heavy (non-hydrogen) atoms.